The van der Waals surface area contributed by atoms with Crippen molar-refractivity contribution in [1.29, 1.82) is 0 Å². The van der Waals surface area contributed by atoms with Crippen molar-refractivity contribution in [2.24, 2.45) is 0 Å². The largest absolute Gasteiger partial charge is 0.392 e. The molecule has 0 aliphatic carbocycles. The summed E-state index contributed by atoms with van der Waals surface area (Å²) >= 11 is 5.85. The summed E-state index contributed by atoms with van der Waals surface area (Å²) in [6.07, 6.45) is 0. The molecule has 16 heavy (non-hydrogen) atoms. The molecule has 0 unspecified atom stereocenters. The predicted molar refractivity (Wildman–Crippen MR) is 60.6 cm³/mol. The van der Waals surface area contributed by atoms with Gasteiger partial charge in [-0.1, -0.05) is 29.8 Å². The number of hydrogen-bond donors (Lipinski definition) is 1. The number of aliphatic hydroxyl groups excluding tert-OH is 1. The Morgan fingerprint density at radius 2 is 2.06 bits per heavy atom. The maximum absolute atomic E-state index is 13.0. The van der Waals surface area contributed by atoms with Crippen molar-refractivity contribution in [1.82, 2.24) is 4.98 Å². The summed E-state index contributed by atoms with van der Waals surface area (Å²) in [4.78, 5) is 4.09. The van der Waals surface area contributed by atoms with Gasteiger partial charge in [0.15, 0.2) is 0 Å². The zero-order chi connectivity index (χ0) is 11.5. The van der Waals surface area contributed by atoms with Gasteiger partial charge in [0.25, 0.3) is 0 Å². The molecule has 0 saturated carbocycles. The summed E-state index contributed by atoms with van der Waals surface area (Å²) in [5.74, 6) is -0.318. The minimum absolute atomic E-state index is 0.157. The lowest BCUT2D eigenvalue weighted by atomic mass is 10.1. The van der Waals surface area contributed by atoms with Crippen LogP contribution < -0.4 is 0 Å². The summed E-state index contributed by atoms with van der Waals surface area (Å²) in [6, 6.07) is 9.49. The van der Waals surface area contributed by atoms with Crippen LogP contribution in [0.25, 0.3) is 11.3 Å². The number of hydrogen-bond acceptors (Lipinski definition) is 2. The molecule has 0 atom stereocenters. The van der Waals surface area contributed by atoms with Crippen molar-refractivity contribution in [3.8, 4) is 11.3 Å². The molecule has 1 aromatic carbocycles. The van der Waals surface area contributed by atoms with Crippen LogP contribution in [-0.2, 0) is 6.61 Å². The molecule has 2 aromatic rings. The Morgan fingerprint density at radius 3 is 2.69 bits per heavy atom. The normalized spacial score (nSPS) is 10.4. The van der Waals surface area contributed by atoms with E-state index in [4.69, 9.17) is 16.7 Å². The number of pyridine rings is 1. The van der Waals surface area contributed by atoms with Crippen LogP contribution in [0, 0.1) is 5.82 Å². The first-order valence-electron chi connectivity index (χ1n) is 4.73. The van der Waals surface area contributed by atoms with Crippen molar-refractivity contribution >= 4 is 11.6 Å². The second-order valence-electron chi connectivity index (χ2n) is 3.31. The zero-order valence-electron chi connectivity index (χ0n) is 8.32. The van der Waals surface area contributed by atoms with E-state index < -0.39 is 0 Å². The first-order chi connectivity index (χ1) is 7.70. The molecule has 1 N–H and O–H groups in total. The highest BCUT2D eigenvalue weighted by Crippen LogP contribution is 2.22. The van der Waals surface area contributed by atoms with Crippen molar-refractivity contribution < 1.29 is 9.50 Å². The lowest BCUT2D eigenvalue weighted by molar-refractivity contribution is 0.281. The number of halogens is 2. The van der Waals surface area contributed by atoms with E-state index in [0.717, 1.165) is 0 Å². The minimum Gasteiger partial charge on any atom is -0.392 e. The van der Waals surface area contributed by atoms with E-state index in [1.807, 2.05) is 0 Å². The van der Waals surface area contributed by atoms with Crippen molar-refractivity contribution in [2.45, 2.75) is 6.61 Å². The fourth-order valence-electron chi connectivity index (χ4n) is 1.39. The van der Waals surface area contributed by atoms with Crippen LogP contribution in [0.1, 0.15) is 5.56 Å². The molecule has 0 saturated heterocycles. The molecule has 0 radical (unpaired) electrons. The molecular weight excluding hydrogens is 229 g/mol. The van der Waals surface area contributed by atoms with Gasteiger partial charge in [0.1, 0.15) is 11.0 Å². The summed E-state index contributed by atoms with van der Waals surface area (Å²) < 4.78 is 13.0. The Morgan fingerprint density at radius 1 is 1.25 bits per heavy atom. The molecule has 0 bridgehead atoms. The van der Waals surface area contributed by atoms with Crippen LogP contribution in [0.3, 0.4) is 0 Å². The van der Waals surface area contributed by atoms with Gasteiger partial charge in [0.2, 0.25) is 0 Å². The van der Waals surface area contributed by atoms with Crippen LogP contribution in [0.2, 0.25) is 5.15 Å². The van der Waals surface area contributed by atoms with Gasteiger partial charge in [-0.25, -0.2) is 9.37 Å². The highest BCUT2D eigenvalue weighted by Gasteiger charge is 2.05. The summed E-state index contributed by atoms with van der Waals surface area (Å²) in [6.45, 7) is -0.157. The van der Waals surface area contributed by atoms with Gasteiger partial charge in [-0.15, -0.1) is 0 Å². The maximum Gasteiger partial charge on any atom is 0.135 e. The number of benzene rings is 1. The molecule has 0 aliphatic rings. The lowest BCUT2D eigenvalue weighted by Crippen LogP contribution is -1.91. The van der Waals surface area contributed by atoms with Gasteiger partial charge in [0.05, 0.1) is 12.3 Å². The lowest BCUT2D eigenvalue weighted by Gasteiger charge is -2.04. The van der Waals surface area contributed by atoms with Crippen LogP contribution in [0.15, 0.2) is 36.4 Å². The minimum atomic E-state index is -0.318. The smallest absolute Gasteiger partial charge is 0.135 e. The Hall–Kier alpha value is -1.45. The van der Waals surface area contributed by atoms with Crippen LogP contribution in [0.5, 0.6) is 0 Å². The van der Waals surface area contributed by atoms with Gasteiger partial charge >= 0.3 is 0 Å². The first-order valence-corrected chi connectivity index (χ1v) is 5.10. The van der Waals surface area contributed by atoms with E-state index in [-0.39, 0.29) is 17.6 Å². The number of rotatable bonds is 2. The molecule has 0 fully saturated rings. The van der Waals surface area contributed by atoms with Gasteiger partial charge in [-0.3, -0.25) is 0 Å². The second-order valence-corrected chi connectivity index (χ2v) is 3.67. The number of aromatic nitrogens is 1. The Kier molecular flexibility index (Phi) is 3.17. The predicted octanol–water partition coefficient (Wildman–Crippen LogP) is 3.03. The Labute approximate surface area is 97.3 Å². The molecule has 0 aliphatic heterocycles. The van der Waals surface area contributed by atoms with Crippen LogP contribution in [0.4, 0.5) is 4.39 Å². The van der Waals surface area contributed by atoms with Crippen molar-refractivity contribution in [2.75, 3.05) is 0 Å². The van der Waals surface area contributed by atoms with Crippen molar-refractivity contribution in [3.63, 3.8) is 0 Å². The molecular formula is C12H9ClFNO. The third kappa shape index (κ3) is 2.21. The Balaban J connectivity index is 2.45. The van der Waals surface area contributed by atoms with E-state index >= 15 is 0 Å². The monoisotopic (exact) mass is 237 g/mol. The standard InChI is InChI=1S/C12H9ClFNO/c13-12-9(7-16)4-5-11(15-12)8-2-1-3-10(14)6-8/h1-6,16H,7H2. The van der Waals surface area contributed by atoms with E-state index in [9.17, 15) is 4.39 Å². The summed E-state index contributed by atoms with van der Waals surface area (Å²) in [7, 11) is 0. The SMILES string of the molecule is OCc1ccc(-c2cccc(F)c2)nc1Cl. The third-order valence-electron chi connectivity index (χ3n) is 2.22. The fraction of sp³-hybridized carbons (Fsp3) is 0.0833. The summed E-state index contributed by atoms with van der Waals surface area (Å²) in [5, 5.41) is 9.18. The second kappa shape index (κ2) is 4.60. The van der Waals surface area contributed by atoms with Gasteiger partial charge < -0.3 is 5.11 Å². The average molecular weight is 238 g/mol. The topological polar surface area (TPSA) is 33.1 Å². The quantitative estimate of drug-likeness (QED) is 0.815. The number of aliphatic hydroxyl groups is 1. The van der Waals surface area contributed by atoms with Gasteiger partial charge in [-0.05, 0) is 18.2 Å². The molecule has 82 valence electrons. The third-order valence-corrected chi connectivity index (χ3v) is 2.54. The molecule has 1 heterocycles. The molecule has 0 spiro atoms. The molecule has 2 rings (SSSR count). The molecule has 0 amide bonds. The van der Waals surface area contributed by atoms with E-state index in [1.165, 1.54) is 12.1 Å². The molecule has 1 aromatic heterocycles. The van der Waals surface area contributed by atoms with E-state index in [2.05, 4.69) is 4.98 Å². The van der Waals surface area contributed by atoms with Crippen LogP contribution >= 0.6 is 11.6 Å². The van der Waals surface area contributed by atoms with E-state index in [0.29, 0.717) is 16.8 Å². The number of nitrogens with zero attached hydrogens (tertiary/aromatic N) is 1. The Bertz CT molecular complexity index is 516. The molecule has 4 heteroatoms. The average Bonchev–Trinajstić information content (AvgIpc) is 2.29. The van der Waals surface area contributed by atoms with Crippen LogP contribution in [-0.4, -0.2) is 10.1 Å². The van der Waals surface area contributed by atoms with Gasteiger partial charge in [-0.2, -0.15) is 0 Å². The van der Waals surface area contributed by atoms with E-state index in [1.54, 1.807) is 24.3 Å². The van der Waals surface area contributed by atoms with Gasteiger partial charge in [0, 0.05) is 11.1 Å². The highest BCUT2D eigenvalue weighted by atomic mass is 35.5. The zero-order valence-corrected chi connectivity index (χ0v) is 9.08. The maximum atomic E-state index is 13.0. The van der Waals surface area contributed by atoms with Crippen molar-refractivity contribution in [3.05, 3.63) is 52.9 Å². The highest BCUT2D eigenvalue weighted by molar-refractivity contribution is 6.30. The first kappa shape index (κ1) is 11.0. The fourth-order valence-corrected chi connectivity index (χ4v) is 1.60. The summed E-state index contributed by atoms with van der Waals surface area (Å²) in [5.41, 5.74) is 1.80. The molecule has 2 nitrogen and oxygen atoms in total.